The van der Waals surface area contributed by atoms with Crippen molar-refractivity contribution in [2.45, 2.75) is 0 Å². The van der Waals surface area contributed by atoms with E-state index in [1.807, 2.05) is 17.5 Å². The Labute approximate surface area is 56.7 Å². The topological polar surface area (TPSA) is 0 Å². The average Bonchev–Trinajstić information content (AvgIpc) is 1.76. The molecule has 0 amide bonds. The molecule has 0 N–H and O–H groups in total. The molecule has 0 atom stereocenters. The first-order valence-corrected chi connectivity index (χ1v) is 2.27. The van der Waals surface area contributed by atoms with Crippen LogP contribution in [0.5, 0.6) is 0 Å². The molecular formula is C4H3AuS. The van der Waals surface area contributed by atoms with Gasteiger partial charge in [-0.15, -0.1) is 5.38 Å². The second kappa shape index (κ2) is 3.62. The summed E-state index contributed by atoms with van der Waals surface area (Å²) < 4.78 is 0. The predicted molar refractivity (Wildman–Crippen MR) is 23.2 cm³/mol. The van der Waals surface area contributed by atoms with E-state index < -0.39 is 0 Å². The van der Waals surface area contributed by atoms with Crippen LogP contribution in [0.15, 0.2) is 17.5 Å². The van der Waals surface area contributed by atoms with Gasteiger partial charge in [0.05, 0.1) is 0 Å². The van der Waals surface area contributed by atoms with Gasteiger partial charge < -0.3 is 11.3 Å². The maximum atomic E-state index is 2.90. The monoisotopic (exact) mass is 280 g/mol. The SMILES string of the molecule is [Au+].[c-]1cccs1. The molecule has 0 saturated carbocycles. The molecule has 1 heterocycles. The van der Waals surface area contributed by atoms with Gasteiger partial charge in [0.2, 0.25) is 0 Å². The third kappa shape index (κ3) is 1.78. The molecule has 6 heavy (non-hydrogen) atoms. The van der Waals surface area contributed by atoms with Crippen molar-refractivity contribution in [2.24, 2.45) is 0 Å². The molecule has 0 spiro atoms. The Balaban J connectivity index is 0.000000250. The minimum atomic E-state index is 0. The van der Waals surface area contributed by atoms with Gasteiger partial charge in [-0.1, -0.05) is 0 Å². The zero-order chi connectivity index (χ0) is 3.54. The van der Waals surface area contributed by atoms with Crippen molar-refractivity contribution in [3.8, 4) is 0 Å². The van der Waals surface area contributed by atoms with Gasteiger partial charge in [0.1, 0.15) is 0 Å². The van der Waals surface area contributed by atoms with Gasteiger partial charge in [-0.05, 0) is 0 Å². The molecule has 0 radical (unpaired) electrons. The Hall–Kier alpha value is 0.440. The summed E-state index contributed by atoms with van der Waals surface area (Å²) in [5.74, 6) is 0. The van der Waals surface area contributed by atoms with Crippen LogP contribution in [0.1, 0.15) is 0 Å². The van der Waals surface area contributed by atoms with Crippen LogP contribution < -0.4 is 0 Å². The van der Waals surface area contributed by atoms with E-state index in [2.05, 4.69) is 5.38 Å². The second-order valence-electron chi connectivity index (χ2n) is 0.731. The first-order chi connectivity index (χ1) is 2.50. The molecule has 2 heteroatoms. The zero-order valence-corrected chi connectivity index (χ0v) is 5.92. The normalized spacial score (nSPS) is 6.67. The predicted octanol–water partition coefficient (Wildman–Crippen LogP) is 1.55. The van der Waals surface area contributed by atoms with Gasteiger partial charge in [0.15, 0.2) is 0 Å². The van der Waals surface area contributed by atoms with Crippen molar-refractivity contribution in [1.82, 2.24) is 0 Å². The van der Waals surface area contributed by atoms with Gasteiger partial charge in [-0.25, -0.2) is 6.07 Å². The van der Waals surface area contributed by atoms with E-state index in [0.717, 1.165) is 0 Å². The smallest absolute Gasteiger partial charge is 0.304 e. The van der Waals surface area contributed by atoms with Crippen LogP contribution in [0.3, 0.4) is 0 Å². The van der Waals surface area contributed by atoms with E-state index in [4.69, 9.17) is 0 Å². The fourth-order valence-electron chi connectivity index (χ4n) is 0.196. The molecule has 0 bridgehead atoms. The number of thiophene rings is 1. The molecule has 1 aromatic heterocycles. The number of hydrogen-bond donors (Lipinski definition) is 0. The molecule has 0 aliphatic heterocycles. The van der Waals surface area contributed by atoms with Gasteiger partial charge in [0, 0.05) is 0 Å². The van der Waals surface area contributed by atoms with Crippen molar-refractivity contribution in [3.05, 3.63) is 22.9 Å². The van der Waals surface area contributed by atoms with Gasteiger partial charge in [-0.2, -0.15) is 11.4 Å². The third-order valence-electron chi connectivity index (χ3n) is 0.379. The summed E-state index contributed by atoms with van der Waals surface area (Å²) in [7, 11) is 0. The molecule has 0 fully saturated rings. The molecule has 0 unspecified atom stereocenters. The van der Waals surface area contributed by atoms with E-state index in [1.165, 1.54) is 0 Å². The van der Waals surface area contributed by atoms with Crippen LogP contribution in [-0.4, -0.2) is 0 Å². The fourth-order valence-corrected chi connectivity index (χ4v) is 0.589. The molecular weight excluding hydrogens is 277 g/mol. The second-order valence-corrected chi connectivity index (χ2v) is 1.47. The summed E-state index contributed by atoms with van der Waals surface area (Å²) in [5.41, 5.74) is 0. The zero-order valence-electron chi connectivity index (χ0n) is 2.94. The Morgan fingerprint density at radius 1 is 1.50 bits per heavy atom. The molecule has 1 rings (SSSR count). The Kier molecular flexibility index (Phi) is 3.89. The molecule has 1 aromatic rings. The quantitative estimate of drug-likeness (QED) is 0.499. The standard InChI is InChI=1S/C4H3S.Au/c1-2-4-5-3-1;/h1-3H;/q-1;+1. The van der Waals surface area contributed by atoms with Crippen molar-refractivity contribution in [1.29, 1.82) is 0 Å². The molecule has 0 nitrogen and oxygen atoms in total. The minimum absolute atomic E-state index is 0. The van der Waals surface area contributed by atoms with E-state index in [0.29, 0.717) is 0 Å². The van der Waals surface area contributed by atoms with Gasteiger partial charge >= 0.3 is 22.4 Å². The van der Waals surface area contributed by atoms with E-state index in [-0.39, 0.29) is 22.4 Å². The van der Waals surface area contributed by atoms with Crippen molar-refractivity contribution in [3.63, 3.8) is 0 Å². The van der Waals surface area contributed by atoms with Crippen LogP contribution in [0.25, 0.3) is 0 Å². The number of rotatable bonds is 0. The van der Waals surface area contributed by atoms with E-state index >= 15 is 0 Å². The summed E-state index contributed by atoms with van der Waals surface area (Å²) in [6.45, 7) is 0. The third-order valence-corrected chi connectivity index (χ3v) is 0.944. The molecule has 36 valence electrons. The Morgan fingerprint density at radius 3 is 2.50 bits per heavy atom. The van der Waals surface area contributed by atoms with Crippen molar-refractivity contribution < 1.29 is 22.4 Å². The van der Waals surface area contributed by atoms with Gasteiger partial charge in [0.25, 0.3) is 0 Å². The first-order valence-electron chi connectivity index (χ1n) is 1.40. The van der Waals surface area contributed by atoms with Crippen LogP contribution in [0, 0.1) is 5.38 Å². The number of hydrogen-bond acceptors (Lipinski definition) is 1. The van der Waals surface area contributed by atoms with Crippen LogP contribution in [-0.2, 0) is 22.4 Å². The van der Waals surface area contributed by atoms with Crippen molar-refractivity contribution >= 4 is 11.3 Å². The van der Waals surface area contributed by atoms with Crippen LogP contribution >= 0.6 is 11.3 Å². The summed E-state index contributed by atoms with van der Waals surface area (Å²) in [6.07, 6.45) is 0. The Morgan fingerprint density at radius 2 is 2.33 bits per heavy atom. The summed E-state index contributed by atoms with van der Waals surface area (Å²) >= 11 is 1.59. The minimum Gasteiger partial charge on any atom is -0.304 e. The average molecular weight is 280 g/mol. The molecule has 0 saturated heterocycles. The summed E-state index contributed by atoms with van der Waals surface area (Å²) in [5, 5.41) is 4.89. The maximum absolute atomic E-state index is 2.90. The van der Waals surface area contributed by atoms with Crippen LogP contribution in [0.4, 0.5) is 0 Å². The maximum Gasteiger partial charge on any atom is 1.00 e. The molecule has 0 aromatic carbocycles. The molecule has 0 aliphatic rings. The largest absolute Gasteiger partial charge is 1.00 e. The van der Waals surface area contributed by atoms with E-state index in [1.54, 1.807) is 11.3 Å². The fraction of sp³-hybridized carbons (Fsp3) is 0. The van der Waals surface area contributed by atoms with Crippen LogP contribution in [0.2, 0.25) is 0 Å². The summed E-state index contributed by atoms with van der Waals surface area (Å²) in [4.78, 5) is 0. The Bertz CT molecular complexity index is 64.0. The van der Waals surface area contributed by atoms with Crippen molar-refractivity contribution in [2.75, 3.05) is 0 Å². The summed E-state index contributed by atoms with van der Waals surface area (Å²) in [6, 6.07) is 3.86. The van der Waals surface area contributed by atoms with Gasteiger partial charge in [-0.3, -0.25) is 0 Å². The van der Waals surface area contributed by atoms with E-state index in [9.17, 15) is 0 Å². The molecule has 0 aliphatic carbocycles. The first kappa shape index (κ1) is 6.44.